The normalized spacial score (nSPS) is 27.5. The molecule has 160 valence electrons. The molecule has 1 aliphatic heterocycles. The van der Waals surface area contributed by atoms with Gasteiger partial charge in [0.05, 0.1) is 12.0 Å². The quantitative estimate of drug-likeness (QED) is 0.649. The fourth-order valence-electron chi connectivity index (χ4n) is 5.45. The van der Waals surface area contributed by atoms with E-state index in [1.54, 1.807) is 0 Å². The first-order chi connectivity index (χ1) is 14.0. The van der Waals surface area contributed by atoms with Crippen LogP contribution in [0.2, 0.25) is 0 Å². The average molecular weight is 408 g/mol. The lowest BCUT2D eigenvalue weighted by atomic mass is 9.60. The smallest absolute Gasteiger partial charge is 0.161 e. The summed E-state index contributed by atoms with van der Waals surface area (Å²) in [5, 5.41) is 0. The van der Waals surface area contributed by atoms with Crippen molar-refractivity contribution < 1.29 is 14.3 Å². The maximum atomic E-state index is 13.4. The number of hydrogen-bond acceptors (Lipinski definition) is 4. The molecule has 0 radical (unpaired) electrons. The molecular formula is C26H33NO3. The van der Waals surface area contributed by atoms with Crippen molar-refractivity contribution in [1.29, 1.82) is 0 Å². The highest BCUT2D eigenvalue weighted by Gasteiger charge is 2.50. The summed E-state index contributed by atoms with van der Waals surface area (Å²) in [6.45, 7) is 12.5. The van der Waals surface area contributed by atoms with E-state index in [1.165, 1.54) is 0 Å². The van der Waals surface area contributed by atoms with E-state index in [9.17, 15) is 9.59 Å². The molecule has 1 aromatic rings. The van der Waals surface area contributed by atoms with Crippen molar-refractivity contribution in [2.24, 2.45) is 21.7 Å². The third kappa shape index (κ3) is 3.77. The number of Topliss-reactive ketones (excluding diaryl/α,β-unsaturated/α-hetero) is 2. The van der Waals surface area contributed by atoms with Crippen LogP contribution < -0.4 is 4.74 Å². The molecule has 0 amide bonds. The maximum absolute atomic E-state index is 13.4. The summed E-state index contributed by atoms with van der Waals surface area (Å²) < 4.78 is 6.13. The molecule has 0 saturated heterocycles. The zero-order chi connectivity index (χ0) is 21.8. The molecule has 0 N–H and O–H groups in total. The van der Waals surface area contributed by atoms with Gasteiger partial charge in [-0.2, -0.15) is 0 Å². The van der Waals surface area contributed by atoms with E-state index in [0.29, 0.717) is 12.8 Å². The first kappa shape index (κ1) is 21.0. The molecule has 1 heterocycles. The van der Waals surface area contributed by atoms with Crippen LogP contribution in [0.15, 0.2) is 40.5 Å². The lowest BCUT2D eigenvalue weighted by Crippen LogP contribution is -2.45. The van der Waals surface area contributed by atoms with Gasteiger partial charge >= 0.3 is 0 Å². The van der Waals surface area contributed by atoms with E-state index >= 15 is 0 Å². The van der Waals surface area contributed by atoms with Crippen molar-refractivity contribution in [2.45, 2.75) is 79.2 Å². The van der Waals surface area contributed by atoms with Crippen LogP contribution in [0.4, 0.5) is 0 Å². The number of aliphatic imine (C=N–C) groups is 1. The van der Waals surface area contributed by atoms with E-state index in [0.717, 1.165) is 41.1 Å². The molecular weight excluding hydrogens is 374 g/mol. The predicted octanol–water partition coefficient (Wildman–Crippen LogP) is 5.66. The minimum Gasteiger partial charge on any atom is -0.491 e. The highest BCUT2D eigenvalue weighted by molar-refractivity contribution is 6.13. The summed E-state index contributed by atoms with van der Waals surface area (Å²) in [5.74, 6) is 0.430. The first-order valence-electron chi connectivity index (χ1n) is 11.1. The second kappa shape index (κ2) is 7.18. The number of ether oxygens (including phenoxy) is 1. The molecule has 0 bridgehead atoms. The number of rotatable bonds is 3. The van der Waals surface area contributed by atoms with E-state index in [2.05, 4.69) is 27.7 Å². The largest absolute Gasteiger partial charge is 0.491 e. The Hall–Kier alpha value is -2.23. The van der Waals surface area contributed by atoms with Crippen molar-refractivity contribution in [3.05, 3.63) is 41.1 Å². The molecule has 2 aliphatic carbocycles. The number of benzene rings is 1. The van der Waals surface area contributed by atoms with E-state index < -0.39 is 0 Å². The number of nitrogens with zero attached hydrogens (tertiary/aromatic N) is 1. The lowest BCUT2D eigenvalue weighted by Gasteiger charge is -2.44. The summed E-state index contributed by atoms with van der Waals surface area (Å²) in [4.78, 5) is 31.8. The van der Waals surface area contributed by atoms with Crippen molar-refractivity contribution >= 4 is 17.3 Å². The third-order valence-corrected chi connectivity index (χ3v) is 6.45. The van der Waals surface area contributed by atoms with Crippen LogP contribution in [0.1, 0.15) is 78.7 Å². The van der Waals surface area contributed by atoms with E-state index in [1.807, 2.05) is 38.1 Å². The first-order valence-corrected chi connectivity index (χ1v) is 11.1. The van der Waals surface area contributed by atoms with Gasteiger partial charge in [0.25, 0.3) is 0 Å². The molecule has 1 fully saturated rings. The predicted molar refractivity (Wildman–Crippen MR) is 119 cm³/mol. The van der Waals surface area contributed by atoms with Crippen molar-refractivity contribution in [2.75, 3.05) is 0 Å². The third-order valence-electron chi connectivity index (χ3n) is 6.45. The fraction of sp³-hybridized carbons (Fsp3) is 0.577. The summed E-state index contributed by atoms with van der Waals surface area (Å²) >= 11 is 0. The summed E-state index contributed by atoms with van der Waals surface area (Å²) in [6, 6.07) is 7.90. The molecule has 0 unspecified atom stereocenters. The van der Waals surface area contributed by atoms with Gasteiger partial charge in [0.15, 0.2) is 5.78 Å². The lowest BCUT2D eigenvalue weighted by molar-refractivity contribution is -0.124. The molecule has 30 heavy (non-hydrogen) atoms. The topological polar surface area (TPSA) is 55.7 Å². The van der Waals surface area contributed by atoms with Gasteiger partial charge in [-0.3, -0.25) is 14.6 Å². The Morgan fingerprint density at radius 1 is 0.933 bits per heavy atom. The molecule has 1 saturated carbocycles. The molecule has 4 nitrogen and oxygen atoms in total. The van der Waals surface area contributed by atoms with Gasteiger partial charge < -0.3 is 4.74 Å². The Balaban J connectivity index is 1.92. The Bertz CT molecular complexity index is 964. The van der Waals surface area contributed by atoms with Gasteiger partial charge in [-0.05, 0) is 43.6 Å². The summed E-state index contributed by atoms with van der Waals surface area (Å²) in [5.41, 5.74) is 3.31. The molecule has 2 atom stereocenters. The van der Waals surface area contributed by atoms with Gasteiger partial charge in [-0.1, -0.05) is 45.9 Å². The minimum atomic E-state index is -0.362. The van der Waals surface area contributed by atoms with Crippen LogP contribution in [0.25, 0.3) is 0 Å². The van der Waals surface area contributed by atoms with E-state index in [-0.39, 0.29) is 40.3 Å². The van der Waals surface area contributed by atoms with Gasteiger partial charge in [-0.25, -0.2) is 0 Å². The van der Waals surface area contributed by atoms with Crippen molar-refractivity contribution in [3.8, 4) is 5.75 Å². The maximum Gasteiger partial charge on any atom is 0.161 e. The van der Waals surface area contributed by atoms with Crippen LogP contribution in [-0.4, -0.2) is 23.4 Å². The molecule has 3 aliphatic rings. The zero-order valence-electron chi connectivity index (χ0n) is 19.0. The number of carbonyl (C=O) groups excluding carboxylic acids is 2. The van der Waals surface area contributed by atoms with Crippen LogP contribution in [-0.2, 0) is 9.59 Å². The number of para-hydroxylation sites is 1. The Morgan fingerprint density at radius 3 is 2.30 bits per heavy atom. The SMILES string of the molecule is CC(C)Oc1ccccc1[C@@H]1C2=C(CC(C)(C)CC2=O)N=C2CC(C)(C)CC(=O)[C@H]21. The number of carbonyl (C=O) groups is 2. The fourth-order valence-corrected chi connectivity index (χ4v) is 5.45. The van der Waals surface area contributed by atoms with Crippen LogP contribution in [0.3, 0.4) is 0 Å². The minimum absolute atomic E-state index is 0.0123. The van der Waals surface area contributed by atoms with Crippen molar-refractivity contribution in [1.82, 2.24) is 0 Å². The van der Waals surface area contributed by atoms with Gasteiger partial charge in [-0.15, -0.1) is 0 Å². The molecule has 0 aromatic heterocycles. The number of ketones is 2. The Morgan fingerprint density at radius 2 is 1.60 bits per heavy atom. The Kier molecular flexibility index (Phi) is 5.03. The second-order valence-corrected chi connectivity index (χ2v) is 11.0. The second-order valence-electron chi connectivity index (χ2n) is 11.0. The van der Waals surface area contributed by atoms with E-state index in [4.69, 9.17) is 9.73 Å². The van der Waals surface area contributed by atoms with Gasteiger partial charge in [0, 0.05) is 41.3 Å². The van der Waals surface area contributed by atoms with Crippen LogP contribution in [0, 0.1) is 16.7 Å². The highest BCUT2D eigenvalue weighted by Crippen LogP contribution is 2.52. The van der Waals surface area contributed by atoms with Gasteiger partial charge in [0.1, 0.15) is 11.5 Å². The number of allylic oxidation sites excluding steroid dienone is 2. The van der Waals surface area contributed by atoms with Crippen LogP contribution >= 0.6 is 0 Å². The summed E-state index contributed by atoms with van der Waals surface area (Å²) in [7, 11) is 0. The van der Waals surface area contributed by atoms with Gasteiger partial charge in [0.2, 0.25) is 0 Å². The standard InChI is InChI=1S/C26H33NO3/c1-15(2)30-21-10-8-7-9-16(21)22-23-17(11-25(3,4)13-19(23)28)27-18-12-26(5,6)14-20(29)24(18)22/h7-10,15,22-23H,11-14H2,1-6H3/t22-,23-/m0/s1. The number of hydrogen-bond donors (Lipinski definition) is 0. The monoisotopic (exact) mass is 407 g/mol. The highest BCUT2D eigenvalue weighted by atomic mass is 16.5. The average Bonchev–Trinajstić information content (AvgIpc) is 2.57. The number of fused-ring (bicyclic) bond motifs is 1. The molecule has 4 heteroatoms. The zero-order valence-corrected chi connectivity index (χ0v) is 19.0. The molecule has 0 spiro atoms. The molecule has 4 rings (SSSR count). The molecule has 1 aromatic carbocycles. The van der Waals surface area contributed by atoms with Crippen LogP contribution in [0.5, 0.6) is 5.75 Å². The summed E-state index contributed by atoms with van der Waals surface area (Å²) in [6.07, 6.45) is 2.58. The van der Waals surface area contributed by atoms with Crippen molar-refractivity contribution in [3.63, 3.8) is 0 Å². The Labute approximate surface area is 179 Å².